The average molecular weight is 220 g/mol. The van der Waals surface area contributed by atoms with Crippen LogP contribution in [0.25, 0.3) is 0 Å². The van der Waals surface area contributed by atoms with Gasteiger partial charge in [0.1, 0.15) is 0 Å². The maximum atomic E-state index is 6.04. The number of nitrogens with two attached hydrogens (primary N) is 1. The Labute approximate surface area is 85.5 Å². The molecule has 0 aromatic rings. The Kier molecular flexibility index (Phi) is 9.11. The number of nitrogens with one attached hydrogen (secondary N) is 1. The molecule has 0 aromatic carbocycles. The van der Waals surface area contributed by atoms with Crippen molar-refractivity contribution in [2.24, 2.45) is 5.73 Å². The molecule has 0 fully saturated rings. The first-order valence-corrected chi connectivity index (χ1v) is 10.1. The summed E-state index contributed by atoms with van der Waals surface area (Å²) >= 11 is 0. The lowest BCUT2D eigenvalue weighted by molar-refractivity contribution is 0.580. The van der Waals surface area contributed by atoms with E-state index >= 15 is 0 Å². The zero-order chi connectivity index (χ0) is 10.1. The third-order valence-corrected chi connectivity index (χ3v) is 8.12. The summed E-state index contributed by atoms with van der Waals surface area (Å²) in [7, 11) is 0.268. The lowest BCUT2D eigenvalue weighted by Gasteiger charge is -2.17. The van der Waals surface area contributed by atoms with Crippen molar-refractivity contribution >= 4 is 18.1 Å². The lowest BCUT2D eigenvalue weighted by Crippen LogP contribution is -2.27. The number of hydrogen-bond donors (Lipinski definition) is 2. The second-order valence-corrected chi connectivity index (χ2v) is 9.07. The van der Waals surface area contributed by atoms with Crippen molar-refractivity contribution in [2.45, 2.75) is 31.6 Å². The third kappa shape index (κ3) is 8.64. The van der Waals surface area contributed by atoms with Crippen LogP contribution in [0, 0.1) is 0 Å². The summed E-state index contributed by atoms with van der Waals surface area (Å²) in [6.45, 7) is 6.50. The first-order valence-electron chi connectivity index (χ1n) is 5.20. The summed E-state index contributed by atoms with van der Waals surface area (Å²) in [5.74, 6) is 0. The number of hydrogen-bond acceptors (Lipinski definition) is 3. The summed E-state index contributed by atoms with van der Waals surface area (Å²) in [6, 6.07) is 2.49. The minimum atomic E-state index is -0.866. The first-order chi connectivity index (χ1) is 6.20. The van der Waals surface area contributed by atoms with Gasteiger partial charge in [-0.05, 0) is 51.7 Å². The SMILES string of the molecule is CNCC[SiH](C)O[SiH](C)CCCN. The molecule has 0 amide bonds. The van der Waals surface area contributed by atoms with Gasteiger partial charge in [0.15, 0.2) is 18.1 Å². The quantitative estimate of drug-likeness (QED) is 0.578. The molecule has 2 atom stereocenters. The Balaban J connectivity index is 3.35. The van der Waals surface area contributed by atoms with Gasteiger partial charge in [-0.3, -0.25) is 0 Å². The second-order valence-electron chi connectivity index (χ2n) is 3.58. The Morgan fingerprint density at radius 1 is 1.23 bits per heavy atom. The maximum Gasteiger partial charge on any atom is 0.161 e. The monoisotopic (exact) mass is 220 g/mol. The van der Waals surface area contributed by atoms with Gasteiger partial charge < -0.3 is 15.2 Å². The van der Waals surface area contributed by atoms with Gasteiger partial charge >= 0.3 is 0 Å². The van der Waals surface area contributed by atoms with Crippen molar-refractivity contribution in [1.29, 1.82) is 0 Å². The van der Waals surface area contributed by atoms with Gasteiger partial charge in [0.2, 0.25) is 0 Å². The molecule has 0 aliphatic heterocycles. The average Bonchev–Trinajstić information content (AvgIpc) is 2.11. The van der Waals surface area contributed by atoms with Gasteiger partial charge in [0, 0.05) is 0 Å². The zero-order valence-corrected chi connectivity index (χ0v) is 11.5. The molecular weight excluding hydrogens is 196 g/mol. The molecule has 0 aromatic heterocycles. The fourth-order valence-corrected chi connectivity index (χ4v) is 7.05. The van der Waals surface area contributed by atoms with Crippen LogP contribution in [0.2, 0.25) is 25.2 Å². The van der Waals surface area contributed by atoms with Gasteiger partial charge in [-0.2, -0.15) is 0 Å². The van der Waals surface area contributed by atoms with Crippen LogP contribution in [0.15, 0.2) is 0 Å². The third-order valence-electron chi connectivity index (χ3n) is 2.08. The Bertz CT molecular complexity index is 104. The van der Waals surface area contributed by atoms with Crippen LogP contribution in [-0.4, -0.2) is 38.2 Å². The van der Waals surface area contributed by atoms with Crippen LogP contribution >= 0.6 is 0 Å². The molecule has 0 spiro atoms. The fraction of sp³-hybridized carbons (Fsp3) is 1.00. The van der Waals surface area contributed by atoms with E-state index in [0.717, 1.165) is 19.5 Å². The Hall–Kier alpha value is 0.314. The van der Waals surface area contributed by atoms with Crippen molar-refractivity contribution in [2.75, 3.05) is 20.1 Å². The van der Waals surface area contributed by atoms with Crippen LogP contribution in [0.5, 0.6) is 0 Å². The summed E-state index contributed by atoms with van der Waals surface area (Å²) in [5, 5.41) is 3.17. The predicted molar refractivity (Wildman–Crippen MR) is 64.3 cm³/mol. The zero-order valence-electron chi connectivity index (χ0n) is 9.18. The first kappa shape index (κ1) is 13.3. The standard InChI is InChI=1S/C8H24N2OSi2/c1-10-6-8-13(3)11-12(2)7-4-5-9/h10,12-13H,4-9H2,1-3H3. The highest BCUT2D eigenvalue weighted by Gasteiger charge is 2.10. The summed E-state index contributed by atoms with van der Waals surface area (Å²) in [4.78, 5) is 0. The minimum absolute atomic E-state index is 0.813. The molecule has 2 unspecified atom stereocenters. The predicted octanol–water partition coefficient (Wildman–Crippen LogP) is 0.278. The normalized spacial score (nSPS) is 15.7. The largest absolute Gasteiger partial charge is 0.460 e. The Morgan fingerprint density at radius 2 is 1.85 bits per heavy atom. The van der Waals surface area contributed by atoms with Crippen LogP contribution in [0.1, 0.15) is 6.42 Å². The topological polar surface area (TPSA) is 47.3 Å². The molecule has 3 nitrogen and oxygen atoms in total. The van der Waals surface area contributed by atoms with E-state index in [4.69, 9.17) is 9.85 Å². The van der Waals surface area contributed by atoms with E-state index in [-0.39, 0.29) is 0 Å². The second kappa shape index (κ2) is 8.89. The van der Waals surface area contributed by atoms with Gasteiger partial charge in [-0.1, -0.05) is 0 Å². The molecule has 0 bridgehead atoms. The van der Waals surface area contributed by atoms with Crippen LogP contribution in [0.4, 0.5) is 0 Å². The van der Waals surface area contributed by atoms with Crippen molar-refractivity contribution in [3.63, 3.8) is 0 Å². The molecule has 13 heavy (non-hydrogen) atoms. The molecule has 0 heterocycles. The van der Waals surface area contributed by atoms with Crippen LogP contribution < -0.4 is 11.1 Å². The molecule has 3 N–H and O–H groups in total. The van der Waals surface area contributed by atoms with Gasteiger partial charge in [0.25, 0.3) is 0 Å². The van der Waals surface area contributed by atoms with E-state index in [1.807, 2.05) is 7.05 Å². The maximum absolute atomic E-state index is 6.04. The fourth-order valence-electron chi connectivity index (χ4n) is 1.29. The lowest BCUT2D eigenvalue weighted by atomic mass is 10.5. The molecule has 0 aliphatic carbocycles. The molecular formula is C8H24N2OSi2. The smallest absolute Gasteiger partial charge is 0.161 e. The minimum Gasteiger partial charge on any atom is -0.460 e. The van der Waals surface area contributed by atoms with Crippen molar-refractivity contribution < 1.29 is 4.12 Å². The van der Waals surface area contributed by atoms with E-state index in [1.165, 1.54) is 12.1 Å². The molecule has 0 saturated carbocycles. The molecule has 0 aliphatic rings. The van der Waals surface area contributed by atoms with E-state index in [1.54, 1.807) is 0 Å². The van der Waals surface area contributed by atoms with Crippen LogP contribution in [0.3, 0.4) is 0 Å². The summed E-state index contributed by atoms with van der Waals surface area (Å²) < 4.78 is 6.04. The van der Waals surface area contributed by atoms with E-state index in [0.29, 0.717) is 0 Å². The highest BCUT2D eigenvalue weighted by molar-refractivity contribution is 6.64. The van der Waals surface area contributed by atoms with Gasteiger partial charge in [-0.15, -0.1) is 0 Å². The highest BCUT2D eigenvalue weighted by atomic mass is 28.4. The number of rotatable bonds is 8. The van der Waals surface area contributed by atoms with Crippen molar-refractivity contribution in [1.82, 2.24) is 5.32 Å². The molecule has 0 saturated heterocycles. The van der Waals surface area contributed by atoms with Crippen molar-refractivity contribution in [3.8, 4) is 0 Å². The molecule has 0 radical (unpaired) electrons. The molecule has 5 heteroatoms. The van der Waals surface area contributed by atoms with Gasteiger partial charge in [0.05, 0.1) is 0 Å². The molecule has 0 rings (SSSR count). The van der Waals surface area contributed by atoms with E-state index in [9.17, 15) is 0 Å². The summed E-state index contributed by atoms with van der Waals surface area (Å²) in [5.41, 5.74) is 5.46. The Morgan fingerprint density at radius 3 is 2.38 bits per heavy atom. The molecule has 80 valence electrons. The van der Waals surface area contributed by atoms with Gasteiger partial charge in [-0.25, -0.2) is 0 Å². The van der Waals surface area contributed by atoms with Crippen LogP contribution in [-0.2, 0) is 4.12 Å². The highest BCUT2D eigenvalue weighted by Crippen LogP contribution is 2.02. The van der Waals surface area contributed by atoms with E-state index in [2.05, 4.69) is 18.4 Å². The summed E-state index contributed by atoms with van der Waals surface area (Å²) in [6.07, 6.45) is 1.14. The van der Waals surface area contributed by atoms with E-state index < -0.39 is 18.1 Å². The van der Waals surface area contributed by atoms with Crippen molar-refractivity contribution in [3.05, 3.63) is 0 Å².